The van der Waals surface area contributed by atoms with Crippen LogP contribution in [0, 0.1) is 0 Å². The maximum absolute atomic E-state index is 12.4. The highest BCUT2D eigenvalue weighted by Gasteiger charge is 2.32. The van der Waals surface area contributed by atoms with Crippen LogP contribution in [0.5, 0.6) is 0 Å². The molecule has 0 fully saturated rings. The lowest BCUT2D eigenvalue weighted by Gasteiger charge is -2.30. The van der Waals surface area contributed by atoms with Crippen molar-refractivity contribution in [2.75, 3.05) is 13.7 Å². The van der Waals surface area contributed by atoms with Crippen molar-refractivity contribution in [3.8, 4) is 0 Å². The molecule has 0 radical (unpaired) electrons. The Bertz CT molecular complexity index is 378. The molecule has 1 rings (SSSR count). The van der Waals surface area contributed by atoms with E-state index in [-0.39, 0.29) is 12.1 Å². The van der Waals surface area contributed by atoms with E-state index in [1.165, 1.54) is 4.68 Å². The van der Waals surface area contributed by atoms with Gasteiger partial charge in [-0.05, 0) is 26.3 Å². The summed E-state index contributed by atoms with van der Waals surface area (Å²) in [6.07, 6.45) is -0.427. The number of nitrogens with one attached hydrogen (secondary N) is 1. The van der Waals surface area contributed by atoms with Crippen LogP contribution < -0.4 is 5.32 Å². The summed E-state index contributed by atoms with van der Waals surface area (Å²) in [4.78, 5) is 0. The zero-order valence-corrected chi connectivity index (χ0v) is 11.2. The molecule has 1 unspecified atom stereocenters. The van der Waals surface area contributed by atoms with Gasteiger partial charge < -0.3 is 10.4 Å². The minimum atomic E-state index is -4.35. The van der Waals surface area contributed by atoms with E-state index in [4.69, 9.17) is 0 Å². The number of hydrogen-bond acceptors (Lipinski definition) is 3. The van der Waals surface area contributed by atoms with E-state index < -0.39 is 11.7 Å². The first kappa shape index (κ1) is 16.0. The largest absolute Gasteiger partial charge is 0.419 e. The number of aromatic nitrogens is 2. The van der Waals surface area contributed by atoms with Crippen molar-refractivity contribution in [3.05, 3.63) is 18.0 Å². The van der Waals surface area contributed by atoms with E-state index in [0.29, 0.717) is 19.4 Å². The molecule has 0 bridgehead atoms. The van der Waals surface area contributed by atoms with Crippen LogP contribution in [0.15, 0.2) is 12.4 Å². The summed E-state index contributed by atoms with van der Waals surface area (Å²) < 4.78 is 38.4. The summed E-state index contributed by atoms with van der Waals surface area (Å²) in [5, 5.41) is 16.1. The fraction of sp³-hybridized carbons (Fsp3) is 0.750. The van der Waals surface area contributed by atoms with Crippen LogP contribution >= 0.6 is 0 Å². The predicted octanol–water partition coefficient (Wildman–Crippen LogP) is 2.04. The quantitative estimate of drug-likeness (QED) is 0.803. The van der Waals surface area contributed by atoms with Gasteiger partial charge in [-0.3, -0.25) is 4.68 Å². The van der Waals surface area contributed by atoms with Crippen LogP contribution in [0.25, 0.3) is 0 Å². The van der Waals surface area contributed by atoms with Crippen LogP contribution in [0.2, 0.25) is 0 Å². The first-order valence-electron chi connectivity index (χ1n) is 6.26. The number of alkyl halides is 3. The summed E-state index contributed by atoms with van der Waals surface area (Å²) in [6.45, 7) is 2.37. The smallest absolute Gasteiger partial charge is 0.394 e. The van der Waals surface area contributed by atoms with E-state index in [1.54, 1.807) is 7.05 Å². The third-order valence-electron chi connectivity index (χ3n) is 3.51. The molecule has 0 saturated heterocycles. The highest BCUT2D eigenvalue weighted by atomic mass is 19.4. The minimum Gasteiger partial charge on any atom is -0.394 e. The van der Waals surface area contributed by atoms with Gasteiger partial charge in [0, 0.05) is 18.3 Å². The fourth-order valence-corrected chi connectivity index (χ4v) is 1.96. The van der Waals surface area contributed by atoms with E-state index in [2.05, 4.69) is 10.4 Å². The Labute approximate surface area is 110 Å². The average molecular weight is 279 g/mol. The van der Waals surface area contributed by atoms with Crippen molar-refractivity contribution in [1.29, 1.82) is 0 Å². The monoisotopic (exact) mass is 279 g/mol. The Kier molecular flexibility index (Phi) is 5.37. The van der Waals surface area contributed by atoms with E-state index in [0.717, 1.165) is 18.8 Å². The summed E-state index contributed by atoms with van der Waals surface area (Å²) >= 11 is 0. The SMILES string of the molecule is CCC(CO)(CCCn1cc(C(F)(F)F)cn1)NC. The maximum Gasteiger partial charge on any atom is 0.419 e. The normalized spacial score (nSPS) is 15.5. The number of aryl methyl sites for hydroxylation is 1. The van der Waals surface area contributed by atoms with Gasteiger partial charge in [-0.15, -0.1) is 0 Å². The lowest BCUT2D eigenvalue weighted by atomic mass is 9.91. The molecule has 0 aliphatic rings. The van der Waals surface area contributed by atoms with Gasteiger partial charge in [-0.1, -0.05) is 6.92 Å². The Morgan fingerprint density at radius 3 is 2.53 bits per heavy atom. The second-order valence-electron chi connectivity index (χ2n) is 4.64. The van der Waals surface area contributed by atoms with Gasteiger partial charge in [0.05, 0.1) is 18.4 Å². The molecule has 19 heavy (non-hydrogen) atoms. The molecule has 0 aliphatic carbocycles. The predicted molar refractivity (Wildman–Crippen MR) is 65.6 cm³/mol. The topological polar surface area (TPSA) is 50.1 Å². The maximum atomic E-state index is 12.4. The number of aliphatic hydroxyl groups is 1. The van der Waals surface area contributed by atoms with Crippen molar-refractivity contribution in [3.63, 3.8) is 0 Å². The first-order valence-corrected chi connectivity index (χ1v) is 6.26. The molecule has 0 aliphatic heterocycles. The molecular formula is C12H20F3N3O. The lowest BCUT2D eigenvalue weighted by Crippen LogP contribution is -2.46. The highest BCUT2D eigenvalue weighted by Crippen LogP contribution is 2.28. The van der Waals surface area contributed by atoms with Crippen molar-refractivity contribution in [1.82, 2.24) is 15.1 Å². The number of likely N-dealkylation sites (N-methyl/N-ethyl adjacent to an activating group) is 1. The fourth-order valence-electron chi connectivity index (χ4n) is 1.96. The summed E-state index contributed by atoms with van der Waals surface area (Å²) in [5.74, 6) is 0. The second-order valence-corrected chi connectivity index (χ2v) is 4.64. The third kappa shape index (κ3) is 4.21. The number of hydrogen-bond donors (Lipinski definition) is 2. The van der Waals surface area contributed by atoms with Crippen LogP contribution in [0.4, 0.5) is 13.2 Å². The Morgan fingerprint density at radius 1 is 1.42 bits per heavy atom. The van der Waals surface area contributed by atoms with E-state index in [9.17, 15) is 18.3 Å². The molecule has 1 heterocycles. The molecule has 110 valence electrons. The number of aliphatic hydroxyl groups excluding tert-OH is 1. The number of halogens is 3. The standard InChI is InChI=1S/C12H20F3N3O/c1-3-11(9-19,16-2)5-4-6-18-8-10(7-17-18)12(13,14)15/h7-8,16,19H,3-6,9H2,1-2H3. The van der Waals surface area contributed by atoms with Crippen molar-refractivity contribution in [2.45, 2.75) is 44.4 Å². The van der Waals surface area contributed by atoms with Gasteiger partial charge in [-0.25, -0.2) is 0 Å². The molecule has 1 atom stereocenters. The molecule has 4 nitrogen and oxygen atoms in total. The van der Waals surface area contributed by atoms with Crippen LogP contribution in [0.1, 0.15) is 31.7 Å². The Balaban J connectivity index is 2.51. The third-order valence-corrected chi connectivity index (χ3v) is 3.51. The molecule has 0 amide bonds. The Hall–Kier alpha value is -1.08. The van der Waals surface area contributed by atoms with Gasteiger partial charge in [0.25, 0.3) is 0 Å². The van der Waals surface area contributed by atoms with Crippen LogP contribution in [-0.2, 0) is 12.7 Å². The molecule has 0 spiro atoms. The van der Waals surface area contributed by atoms with Crippen LogP contribution in [0.3, 0.4) is 0 Å². The highest BCUT2D eigenvalue weighted by molar-refractivity contribution is 5.08. The number of rotatable bonds is 7. The van der Waals surface area contributed by atoms with E-state index in [1.807, 2.05) is 6.92 Å². The van der Waals surface area contributed by atoms with Crippen molar-refractivity contribution in [2.24, 2.45) is 0 Å². The van der Waals surface area contributed by atoms with Gasteiger partial charge in [0.1, 0.15) is 0 Å². The van der Waals surface area contributed by atoms with Gasteiger partial charge in [0.15, 0.2) is 0 Å². The molecule has 1 aromatic heterocycles. The van der Waals surface area contributed by atoms with Crippen molar-refractivity contribution >= 4 is 0 Å². The Morgan fingerprint density at radius 2 is 2.11 bits per heavy atom. The molecule has 2 N–H and O–H groups in total. The molecule has 7 heteroatoms. The van der Waals surface area contributed by atoms with E-state index >= 15 is 0 Å². The minimum absolute atomic E-state index is 0.00685. The zero-order valence-electron chi connectivity index (χ0n) is 11.2. The molecule has 0 saturated carbocycles. The second kappa shape index (κ2) is 6.38. The molecule has 1 aromatic rings. The van der Waals surface area contributed by atoms with Gasteiger partial charge >= 0.3 is 6.18 Å². The summed E-state index contributed by atoms with van der Waals surface area (Å²) in [5.41, 5.74) is -1.09. The summed E-state index contributed by atoms with van der Waals surface area (Å²) in [7, 11) is 1.77. The van der Waals surface area contributed by atoms with Gasteiger partial charge in [-0.2, -0.15) is 18.3 Å². The molecular weight excluding hydrogens is 259 g/mol. The lowest BCUT2D eigenvalue weighted by molar-refractivity contribution is -0.137. The van der Waals surface area contributed by atoms with Gasteiger partial charge in [0.2, 0.25) is 0 Å². The average Bonchev–Trinajstić information content (AvgIpc) is 2.84. The zero-order chi connectivity index (χ0) is 14.5. The van der Waals surface area contributed by atoms with Crippen molar-refractivity contribution < 1.29 is 18.3 Å². The molecule has 0 aromatic carbocycles. The summed E-state index contributed by atoms with van der Waals surface area (Å²) in [6, 6.07) is 0. The van der Waals surface area contributed by atoms with Crippen LogP contribution in [-0.4, -0.2) is 34.1 Å². The number of nitrogens with zero attached hydrogens (tertiary/aromatic N) is 2. The first-order chi connectivity index (χ1) is 8.87.